The maximum Gasteiger partial charge on any atom is 0.0152 e. The quantitative estimate of drug-likeness (QED) is 0.126. The van der Waals surface area contributed by atoms with E-state index in [2.05, 4.69) is 199 Å². The molecule has 258 valence electrons. The van der Waals surface area contributed by atoms with Gasteiger partial charge in [-0.25, -0.2) is 0 Å². The van der Waals surface area contributed by atoms with Crippen LogP contribution in [0.3, 0.4) is 0 Å². The van der Waals surface area contributed by atoms with Crippen molar-refractivity contribution in [1.29, 1.82) is 0 Å². The number of hydrogen-bond acceptors (Lipinski definition) is 0. The van der Waals surface area contributed by atoms with Crippen LogP contribution in [0.2, 0.25) is 0 Å². The summed E-state index contributed by atoms with van der Waals surface area (Å²) in [5, 5.41) is 2.67. The predicted molar refractivity (Wildman–Crippen MR) is 228 cm³/mol. The van der Waals surface area contributed by atoms with Crippen LogP contribution < -0.4 is 0 Å². The smallest absolute Gasteiger partial charge is 0.0152 e. The molecule has 0 amide bonds. The molecule has 0 spiro atoms. The zero-order chi connectivity index (χ0) is 36.7. The van der Waals surface area contributed by atoms with Gasteiger partial charge in [0.25, 0.3) is 0 Å². The summed E-state index contributed by atoms with van der Waals surface area (Å²) in [5.41, 5.74) is 20.7. The lowest BCUT2D eigenvalue weighted by molar-refractivity contribution is 0.654. The van der Waals surface area contributed by atoms with Crippen molar-refractivity contribution in [2.24, 2.45) is 0 Å². The van der Waals surface area contributed by atoms with E-state index in [-0.39, 0.29) is 5.41 Å². The normalized spacial score (nSPS) is 13.4. The Balaban J connectivity index is 0.000000148. The van der Waals surface area contributed by atoms with Gasteiger partial charge in [-0.05, 0) is 125 Å². The number of rotatable bonds is 5. The van der Waals surface area contributed by atoms with E-state index in [0.717, 1.165) is 6.42 Å². The molecule has 6 aromatic rings. The van der Waals surface area contributed by atoms with Gasteiger partial charge in [0.15, 0.2) is 0 Å². The number of allylic oxidation sites excluding steroid dienone is 5. The van der Waals surface area contributed by atoms with E-state index in [4.69, 9.17) is 0 Å². The van der Waals surface area contributed by atoms with Gasteiger partial charge in [0.1, 0.15) is 0 Å². The Morgan fingerprint density at radius 3 is 2.08 bits per heavy atom. The first-order valence-corrected chi connectivity index (χ1v) is 18.4. The van der Waals surface area contributed by atoms with Crippen LogP contribution in [0.15, 0.2) is 157 Å². The summed E-state index contributed by atoms with van der Waals surface area (Å²) in [5.74, 6) is 0. The largest absolute Gasteiger partial charge is 0.120 e. The third-order valence-electron chi connectivity index (χ3n) is 10.3. The van der Waals surface area contributed by atoms with Crippen molar-refractivity contribution < 1.29 is 0 Å². The minimum atomic E-state index is 0.124. The van der Waals surface area contributed by atoms with Gasteiger partial charge >= 0.3 is 0 Å². The van der Waals surface area contributed by atoms with E-state index in [9.17, 15) is 0 Å². The van der Waals surface area contributed by atoms with Crippen LogP contribution in [-0.4, -0.2) is 0 Å². The summed E-state index contributed by atoms with van der Waals surface area (Å²) < 4.78 is 0. The van der Waals surface area contributed by atoms with Gasteiger partial charge in [-0.2, -0.15) is 0 Å². The molecule has 52 heavy (non-hydrogen) atoms. The molecule has 0 heteroatoms. The summed E-state index contributed by atoms with van der Waals surface area (Å²) in [7, 11) is 0. The highest BCUT2D eigenvalue weighted by molar-refractivity contribution is 5.99. The van der Waals surface area contributed by atoms with Gasteiger partial charge in [-0.15, -0.1) is 5.73 Å². The topological polar surface area (TPSA) is 0 Å². The van der Waals surface area contributed by atoms with Crippen molar-refractivity contribution in [1.82, 2.24) is 0 Å². The van der Waals surface area contributed by atoms with E-state index in [1.54, 1.807) is 0 Å². The Hall–Kier alpha value is -5.68. The van der Waals surface area contributed by atoms with Crippen LogP contribution in [-0.2, 0) is 11.8 Å². The third-order valence-corrected chi connectivity index (χ3v) is 10.3. The molecule has 0 saturated heterocycles. The fraction of sp³-hybridized carbons (Fsp3) is 0.173. The lowest BCUT2D eigenvalue weighted by atomic mass is 9.80. The first kappa shape index (κ1) is 36.1. The molecular formula is C52H50. The number of fused-ring (bicyclic) bond motifs is 3. The monoisotopic (exact) mass is 674 g/mol. The van der Waals surface area contributed by atoms with Gasteiger partial charge in [-0.3, -0.25) is 0 Å². The highest BCUT2D eigenvalue weighted by Crippen LogP contribution is 2.42. The van der Waals surface area contributed by atoms with Gasteiger partial charge in [0.05, 0.1) is 0 Å². The van der Waals surface area contributed by atoms with Crippen molar-refractivity contribution in [2.75, 3.05) is 0 Å². The van der Waals surface area contributed by atoms with E-state index in [1.165, 1.54) is 83.1 Å². The molecule has 0 radical (unpaired) electrons. The number of aryl methyl sites for hydroxylation is 4. The van der Waals surface area contributed by atoms with E-state index in [0.29, 0.717) is 0 Å². The summed E-state index contributed by atoms with van der Waals surface area (Å²) >= 11 is 0. The fourth-order valence-electron chi connectivity index (χ4n) is 7.22. The Labute approximate surface area is 311 Å². The summed E-state index contributed by atoms with van der Waals surface area (Å²) in [6.45, 7) is 15.2. The molecule has 0 heterocycles. The zero-order valence-electron chi connectivity index (χ0n) is 31.8. The highest BCUT2D eigenvalue weighted by Gasteiger charge is 2.31. The Morgan fingerprint density at radius 1 is 0.615 bits per heavy atom. The van der Waals surface area contributed by atoms with Gasteiger partial charge in [0.2, 0.25) is 0 Å². The molecule has 0 aliphatic heterocycles. The summed E-state index contributed by atoms with van der Waals surface area (Å²) in [6, 6.07) is 43.9. The molecule has 6 aromatic carbocycles. The summed E-state index contributed by atoms with van der Waals surface area (Å²) in [6.07, 6.45) is 15.8. The van der Waals surface area contributed by atoms with E-state index >= 15 is 0 Å². The molecule has 0 saturated carbocycles. The molecular weight excluding hydrogens is 625 g/mol. The molecule has 0 unspecified atom stereocenters. The second kappa shape index (κ2) is 16.1. The highest BCUT2D eigenvalue weighted by atomic mass is 14.3. The molecule has 8 rings (SSSR count). The van der Waals surface area contributed by atoms with Gasteiger partial charge in [0, 0.05) is 5.41 Å². The van der Waals surface area contributed by atoms with Crippen LogP contribution in [0.5, 0.6) is 0 Å². The minimum Gasteiger partial charge on any atom is -0.120 e. The minimum absolute atomic E-state index is 0.124. The fourth-order valence-corrected chi connectivity index (χ4v) is 7.22. The number of benzene rings is 6. The second-order valence-electron chi connectivity index (χ2n) is 14.5. The maximum absolute atomic E-state index is 3.08. The lowest BCUT2D eigenvalue weighted by Crippen LogP contribution is -2.16. The van der Waals surface area contributed by atoms with Crippen LogP contribution >= 0.6 is 0 Å². The van der Waals surface area contributed by atoms with E-state index in [1.807, 2.05) is 19.1 Å². The Morgan fingerprint density at radius 2 is 1.31 bits per heavy atom. The number of hydrogen-bond donors (Lipinski definition) is 0. The van der Waals surface area contributed by atoms with Crippen LogP contribution in [0.25, 0.3) is 40.1 Å². The zero-order valence-corrected chi connectivity index (χ0v) is 31.8. The summed E-state index contributed by atoms with van der Waals surface area (Å²) in [4.78, 5) is 0. The molecule has 0 fully saturated rings. The van der Waals surface area contributed by atoms with Crippen LogP contribution in [0.4, 0.5) is 0 Å². The van der Waals surface area contributed by atoms with Crippen molar-refractivity contribution >= 4 is 29.0 Å². The lowest BCUT2D eigenvalue weighted by Gasteiger charge is -2.23. The van der Waals surface area contributed by atoms with Crippen molar-refractivity contribution in [3.8, 4) is 11.1 Å². The Kier molecular flexibility index (Phi) is 11.2. The standard InChI is InChI=1S/C25H22.C17H20.C10H8/c1-18-13-15-20(16-14-18)17-22-8-3-4-11-23(22)24-12-6-10-21-9-5-7-19(2)25(21)24;1-5-6-7-8-15-12-14-10-9-13(2)11-16(14)17(15,3)4;1-8-4-2-5-9-6-3-7-10(8)9/h3-16H,17H2,1-2H3;5-12H,1-4H3;2,4-7H,1H3/b;6-5-,8-7-;. The van der Waals surface area contributed by atoms with Crippen molar-refractivity contribution in [2.45, 2.75) is 60.3 Å². The van der Waals surface area contributed by atoms with Crippen LogP contribution in [0.1, 0.15) is 76.4 Å². The van der Waals surface area contributed by atoms with Gasteiger partial charge in [-0.1, -0.05) is 177 Å². The average Bonchev–Trinajstić information content (AvgIpc) is 3.73. The predicted octanol–water partition coefficient (Wildman–Crippen LogP) is 14.2. The molecule has 2 aliphatic rings. The molecule has 0 aromatic heterocycles. The molecule has 2 aliphatic carbocycles. The maximum atomic E-state index is 3.08. The molecule has 0 atom stereocenters. The first-order chi connectivity index (χ1) is 25.2. The van der Waals surface area contributed by atoms with Gasteiger partial charge < -0.3 is 0 Å². The third kappa shape index (κ3) is 8.10. The van der Waals surface area contributed by atoms with Crippen molar-refractivity contribution in [3.05, 3.63) is 213 Å². The average molecular weight is 675 g/mol. The van der Waals surface area contributed by atoms with Crippen molar-refractivity contribution in [3.63, 3.8) is 0 Å². The Bertz CT molecular complexity index is 2360. The molecule has 0 nitrogen and oxygen atoms in total. The van der Waals surface area contributed by atoms with E-state index < -0.39 is 0 Å². The first-order valence-electron chi connectivity index (χ1n) is 18.4. The second-order valence-corrected chi connectivity index (χ2v) is 14.5. The molecule has 0 bridgehead atoms. The SMILES string of the molecule is C/C=C\C=C/C1=Cc2ccc(C)cc2C1(C)C.Cc1ccc(Cc2ccccc2-c2cccc3cccc(C)c23)cc1.Cc1cccc2c1C=C=C2. The molecule has 0 N–H and O–H groups in total. The van der Waals surface area contributed by atoms with Crippen LogP contribution in [0, 0.1) is 27.7 Å².